The van der Waals surface area contributed by atoms with E-state index in [1.807, 2.05) is 0 Å². The number of anilines is 1. The van der Waals surface area contributed by atoms with Crippen LogP contribution in [0, 0.1) is 0 Å². The van der Waals surface area contributed by atoms with Gasteiger partial charge in [-0.3, -0.25) is 0 Å². The van der Waals surface area contributed by atoms with Gasteiger partial charge in [-0.1, -0.05) is 23.3 Å². The molecular weight excluding hydrogens is 224 g/mol. The van der Waals surface area contributed by atoms with Crippen LogP contribution in [0.2, 0.25) is 5.02 Å². The van der Waals surface area contributed by atoms with E-state index >= 15 is 0 Å². The molecule has 1 aliphatic rings. The van der Waals surface area contributed by atoms with Crippen LogP contribution in [-0.2, 0) is 0 Å². The number of rotatable bonds is 4. The molecule has 0 saturated heterocycles. The fourth-order valence-corrected chi connectivity index (χ4v) is 1.85. The predicted octanol–water partition coefficient (Wildman–Crippen LogP) is 1.85. The molecule has 1 aromatic heterocycles. The Kier molecular flexibility index (Phi) is 4.13. The standard InChI is InChI=1S/C11H15ClN4/c12-10-7-14-8-16-11(10)15-6-3-9-1-4-13-5-2-9/h1,7-8,13H,2-6H2,(H,14,15,16). The SMILES string of the molecule is Clc1cncnc1NCCC1=CCNCC1. The summed E-state index contributed by atoms with van der Waals surface area (Å²) in [6.07, 6.45) is 7.53. The zero-order chi connectivity index (χ0) is 11.2. The van der Waals surface area contributed by atoms with Crippen LogP contribution in [0.15, 0.2) is 24.2 Å². The first-order valence-corrected chi connectivity index (χ1v) is 5.82. The van der Waals surface area contributed by atoms with Gasteiger partial charge >= 0.3 is 0 Å². The molecule has 2 rings (SSSR count). The Labute approximate surface area is 100 Å². The molecule has 0 amide bonds. The maximum Gasteiger partial charge on any atom is 0.148 e. The van der Waals surface area contributed by atoms with Gasteiger partial charge in [0.05, 0.1) is 6.20 Å². The Balaban J connectivity index is 1.80. The molecule has 2 heterocycles. The van der Waals surface area contributed by atoms with Crippen molar-refractivity contribution in [1.82, 2.24) is 15.3 Å². The minimum Gasteiger partial charge on any atom is -0.368 e. The highest BCUT2D eigenvalue weighted by Crippen LogP contribution is 2.16. The van der Waals surface area contributed by atoms with Crippen LogP contribution in [0.3, 0.4) is 0 Å². The lowest BCUT2D eigenvalue weighted by Crippen LogP contribution is -2.21. The van der Waals surface area contributed by atoms with Crippen LogP contribution in [0.25, 0.3) is 0 Å². The number of hydrogen-bond donors (Lipinski definition) is 2. The first kappa shape index (κ1) is 11.4. The van der Waals surface area contributed by atoms with E-state index in [0.717, 1.165) is 32.5 Å². The lowest BCUT2D eigenvalue weighted by Gasteiger charge is -2.14. The summed E-state index contributed by atoms with van der Waals surface area (Å²) in [5.41, 5.74) is 1.50. The van der Waals surface area contributed by atoms with Gasteiger partial charge in [0.1, 0.15) is 17.2 Å². The first-order valence-electron chi connectivity index (χ1n) is 5.44. The van der Waals surface area contributed by atoms with E-state index in [0.29, 0.717) is 10.8 Å². The molecule has 0 saturated carbocycles. The van der Waals surface area contributed by atoms with E-state index in [9.17, 15) is 0 Å². The Morgan fingerprint density at radius 1 is 1.50 bits per heavy atom. The largest absolute Gasteiger partial charge is 0.368 e. The van der Waals surface area contributed by atoms with Crippen LogP contribution in [0.4, 0.5) is 5.82 Å². The van der Waals surface area contributed by atoms with E-state index in [-0.39, 0.29) is 0 Å². The minimum atomic E-state index is 0.571. The molecule has 86 valence electrons. The van der Waals surface area contributed by atoms with E-state index in [1.165, 1.54) is 11.9 Å². The minimum absolute atomic E-state index is 0.571. The van der Waals surface area contributed by atoms with Crippen LogP contribution in [-0.4, -0.2) is 29.6 Å². The van der Waals surface area contributed by atoms with Gasteiger partial charge in [-0.15, -0.1) is 0 Å². The van der Waals surface area contributed by atoms with E-state index in [4.69, 9.17) is 11.6 Å². The summed E-state index contributed by atoms with van der Waals surface area (Å²) >= 11 is 5.93. The molecule has 1 aliphatic heterocycles. The van der Waals surface area contributed by atoms with Crippen molar-refractivity contribution in [2.24, 2.45) is 0 Å². The summed E-state index contributed by atoms with van der Waals surface area (Å²) in [6, 6.07) is 0. The fraction of sp³-hybridized carbons (Fsp3) is 0.455. The zero-order valence-electron chi connectivity index (χ0n) is 9.04. The Morgan fingerprint density at radius 2 is 2.44 bits per heavy atom. The molecule has 0 spiro atoms. The highest BCUT2D eigenvalue weighted by molar-refractivity contribution is 6.32. The number of halogens is 1. The maximum atomic E-state index is 5.93. The van der Waals surface area contributed by atoms with Gasteiger partial charge in [0, 0.05) is 13.1 Å². The Morgan fingerprint density at radius 3 is 3.19 bits per heavy atom. The number of aromatic nitrogens is 2. The molecule has 4 nitrogen and oxygen atoms in total. The summed E-state index contributed by atoms with van der Waals surface area (Å²) in [5.74, 6) is 0.714. The van der Waals surface area contributed by atoms with Gasteiger partial charge in [0.2, 0.25) is 0 Å². The monoisotopic (exact) mass is 238 g/mol. The molecule has 5 heteroatoms. The lowest BCUT2D eigenvalue weighted by atomic mass is 10.1. The van der Waals surface area contributed by atoms with Crippen LogP contribution in [0.5, 0.6) is 0 Å². The lowest BCUT2D eigenvalue weighted by molar-refractivity contribution is 0.683. The number of nitrogens with one attached hydrogen (secondary N) is 2. The molecule has 0 radical (unpaired) electrons. The van der Waals surface area contributed by atoms with E-state index in [1.54, 1.807) is 6.20 Å². The van der Waals surface area contributed by atoms with Crippen molar-refractivity contribution in [1.29, 1.82) is 0 Å². The third-order valence-electron chi connectivity index (χ3n) is 2.56. The van der Waals surface area contributed by atoms with Gasteiger partial charge < -0.3 is 10.6 Å². The summed E-state index contributed by atoms with van der Waals surface area (Å²) in [4.78, 5) is 7.92. The molecule has 0 unspecified atom stereocenters. The molecular formula is C11H15ClN4. The average Bonchev–Trinajstić information content (AvgIpc) is 2.33. The highest BCUT2D eigenvalue weighted by Gasteiger charge is 2.04. The zero-order valence-corrected chi connectivity index (χ0v) is 9.80. The Bertz CT molecular complexity index is 378. The molecule has 0 aromatic carbocycles. The summed E-state index contributed by atoms with van der Waals surface area (Å²) in [7, 11) is 0. The second-order valence-electron chi connectivity index (χ2n) is 3.71. The van der Waals surface area contributed by atoms with Crippen molar-refractivity contribution in [3.05, 3.63) is 29.2 Å². The molecule has 16 heavy (non-hydrogen) atoms. The molecule has 0 bridgehead atoms. The normalized spacial score (nSPS) is 15.7. The summed E-state index contributed by atoms with van der Waals surface area (Å²) in [6.45, 7) is 2.94. The van der Waals surface area contributed by atoms with Crippen LogP contribution >= 0.6 is 11.6 Å². The molecule has 0 fully saturated rings. The van der Waals surface area contributed by atoms with Crippen molar-refractivity contribution >= 4 is 17.4 Å². The first-order chi connectivity index (χ1) is 7.86. The van der Waals surface area contributed by atoms with Crippen molar-refractivity contribution < 1.29 is 0 Å². The van der Waals surface area contributed by atoms with E-state index in [2.05, 4.69) is 26.7 Å². The second-order valence-corrected chi connectivity index (χ2v) is 4.12. The molecule has 0 atom stereocenters. The van der Waals surface area contributed by atoms with Crippen molar-refractivity contribution in [2.45, 2.75) is 12.8 Å². The molecule has 2 N–H and O–H groups in total. The third-order valence-corrected chi connectivity index (χ3v) is 2.84. The maximum absolute atomic E-state index is 5.93. The molecule has 0 aliphatic carbocycles. The van der Waals surface area contributed by atoms with Crippen LogP contribution < -0.4 is 10.6 Å². The summed E-state index contributed by atoms with van der Waals surface area (Å²) < 4.78 is 0. The van der Waals surface area contributed by atoms with Gasteiger partial charge in [-0.25, -0.2) is 9.97 Å². The smallest absolute Gasteiger partial charge is 0.148 e. The average molecular weight is 239 g/mol. The quantitative estimate of drug-likeness (QED) is 0.787. The van der Waals surface area contributed by atoms with Gasteiger partial charge in [0.15, 0.2) is 0 Å². The number of hydrogen-bond acceptors (Lipinski definition) is 4. The Hall–Kier alpha value is -1.13. The van der Waals surface area contributed by atoms with E-state index < -0.39 is 0 Å². The van der Waals surface area contributed by atoms with Crippen LogP contribution in [0.1, 0.15) is 12.8 Å². The predicted molar refractivity (Wildman–Crippen MR) is 65.7 cm³/mol. The summed E-state index contributed by atoms with van der Waals surface area (Å²) in [5, 5.41) is 7.08. The van der Waals surface area contributed by atoms with Gasteiger partial charge in [-0.2, -0.15) is 0 Å². The third kappa shape index (κ3) is 3.18. The highest BCUT2D eigenvalue weighted by atomic mass is 35.5. The van der Waals surface area contributed by atoms with Crippen molar-refractivity contribution in [3.8, 4) is 0 Å². The fourth-order valence-electron chi connectivity index (χ4n) is 1.68. The van der Waals surface area contributed by atoms with Crippen molar-refractivity contribution in [2.75, 3.05) is 25.0 Å². The number of nitrogens with zero attached hydrogens (tertiary/aromatic N) is 2. The van der Waals surface area contributed by atoms with Crippen molar-refractivity contribution in [3.63, 3.8) is 0 Å². The topological polar surface area (TPSA) is 49.8 Å². The second kappa shape index (κ2) is 5.82. The van der Waals surface area contributed by atoms with Gasteiger partial charge in [-0.05, 0) is 19.4 Å². The van der Waals surface area contributed by atoms with Gasteiger partial charge in [0.25, 0.3) is 0 Å². The molecule has 1 aromatic rings.